The van der Waals surface area contributed by atoms with Gasteiger partial charge in [0.1, 0.15) is 22.6 Å². The van der Waals surface area contributed by atoms with Crippen LogP contribution in [0.25, 0.3) is 33.6 Å². The molecule has 4 aromatic rings. The minimum Gasteiger partial charge on any atom is -0.492 e. The van der Waals surface area contributed by atoms with E-state index in [1.807, 2.05) is 30.7 Å². The van der Waals surface area contributed by atoms with Crippen LogP contribution in [-0.2, 0) is 13.6 Å². The molecule has 2 N–H and O–H groups in total. The molecule has 0 radical (unpaired) electrons. The van der Waals surface area contributed by atoms with Crippen molar-refractivity contribution in [3.63, 3.8) is 0 Å². The summed E-state index contributed by atoms with van der Waals surface area (Å²) in [5.74, 6) is 0.769. The van der Waals surface area contributed by atoms with Gasteiger partial charge in [0.2, 0.25) is 0 Å². The molecule has 5 rings (SSSR count). The highest BCUT2D eigenvalue weighted by Crippen LogP contribution is 2.37. The molecule has 170 valence electrons. The van der Waals surface area contributed by atoms with Gasteiger partial charge in [-0.1, -0.05) is 5.16 Å². The first kappa shape index (κ1) is 21.0. The SMILES string of the molecule is CCOc1cc(C(=O)O)cc2nc(-c3cc4ccc(C(C)=NO)nc4n3CC3CC3)n(C)c12. The molecule has 1 aliphatic rings. The number of carboxylic acid groups (broad SMARTS) is 1. The Bertz CT molecular complexity index is 1430. The van der Waals surface area contributed by atoms with Gasteiger partial charge in [0.25, 0.3) is 0 Å². The van der Waals surface area contributed by atoms with Crippen LogP contribution in [0.15, 0.2) is 35.5 Å². The number of pyridine rings is 1. The summed E-state index contributed by atoms with van der Waals surface area (Å²) in [6.07, 6.45) is 2.35. The highest BCUT2D eigenvalue weighted by atomic mass is 16.5. The molecule has 9 heteroatoms. The number of fused-ring (bicyclic) bond motifs is 2. The minimum atomic E-state index is -1.02. The fourth-order valence-electron chi connectivity index (χ4n) is 4.24. The molecule has 0 aliphatic heterocycles. The molecule has 1 fully saturated rings. The van der Waals surface area contributed by atoms with Crippen molar-refractivity contribution in [1.82, 2.24) is 19.1 Å². The number of ether oxygens (including phenoxy) is 1. The summed E-state index contributed by atoms with van der Waals surface area (Å²) in [6, 6.07) is 8.98. The highest BCUT2D eigenvalue weighted by Gasteiger charge is 2.27. The van der Waals surface area contributed by atoms with Crippen LogP contribution >= 0.6 is 0 Å². The zero-order chi connectivity index (χ0) is 23.3. The second-order valence-electron chi connectivity index (χ2n) is 8.45. The normalized spacial score (nSPS) is 14.3. The van der Waals surface area contributed by atoms with Crippen molar-refractivity contribution in [2.45, 2.75) is 33.2 Å². The predicted octanol–water partition coefficient (Wildman–Crippen LogP) is 4.30. The molecule has 1 aromatic carbocycles. The van der Waals surface area contributed by atoms with E-state index in [1.54, 1.807) is 19.1 Å². The van der Waals surface area contributed by atoms with Crippen LogP contribution in [0.3, 0.4) is 0 Å². The third-order valence-electron chi connectivity index (χ3n) is 6.11. The third kappa shape index (κ3) is 3.59. The van der Waals surface area contributed by atoms with E-state index in [4.69, 9.17) is 14.7 Å². The zero-order valence-electron chi connectivity index (χ0n) is 18.7. The van der Waals surface area contributed by atoms with E-state index < -0.39 is 5.97 Å². The average molecular weight is 447 g/mol. The molecule has 0 atom stereocenters. The second-order valence-corrected chi connectivity index (χ2v) is 8.45. The van der Waals surface area contributed by atoms with Crippen molar-refractivity contribution in [3.05, 3.63) is 41.6 Å². The minimum absolute atomic E-state index is 0.138. The topological polar surface area (TPSA) is 115 Å². The molecule has 0 bridgehead atoms. The largest absolute Gasteiger partial charge is 0.492 e. The van der Waals surface area contributed by atoms with E-state index in [0.717, 1.165) is 28.8 Å². The third-order valence-corrected chi connectivity index (χ3v) is 6.11. The van der Waals surface area contributed by atoms with Crippen LogP contribution in [0, 0.1) is 5.92 Å². The fourth-order valence-corrected chi connectivity index (χ4v) is 4.24. The van der Waals surface area contributed by atoms with Gasteiger partial charge in [-0.25, -0.2) is 14.8 Å². The van der Waals surface area contributed by atoms with E-state index >= 15 is 0 Å². The second kappa shape index (κ2) is 7.91. The van der Waals surface area contributed by atoms with Gasteiger partial charge in [-0.2, -0.15) is 0 Å². The standard InChI is InChI=1S/C24H25N5O4/c1-4-33-20-11-16(24(30)31)9-18-21(20)28(3)23(26-18)19-10-15-7-8-17(13(2)27-32)25-22(15)29(19)12-14-5-6-14/h7-11,14,32H,4-6,12H2,1-3H3,(H,30,31). The number of nitrogens with zero attached hydrogens (tertiary/aromatic N) is 5. The lowest BCUT2D eigenvalue weighted by atomic mass is 10.2. The lowest BCUT2D eigenvalue weighted by Crippen LogP contribution is -2.07. The number of benzene rings is 1. The molecule has 0 spiro atoms. The summed E-state index contributed by atoms with van der Waals surface area (Å²) >= 11 is 0. The van der Waals surface area contributed by atoms with Crippen LogP contribution in [0.4, 0.5) is 0 Å². The molecule has 33 heavy (non-hydrogen) atoms. The summed E-state index contributed by atoms with van der Waals surface area (Å²) in [5, 5.41) is 23.0. The van der Waals surface area contributed by atoms with Crippen molar-refractivity contribution in [1.29, 1.82) is 0 Å². The maximum Gasteiger partial charge on any atom is 0.335 e. The number of carbonyl (C=O) groups is 1. The molecule has 1 aliphatic carbocycles. The first-order valence-corrected chi connectivity index (χ1v) is 11.0. The quantitative estimate of drug-likeness (QED) is 0.248. The maximum atomic E-state index is 11.6. The van der Waals surface area contributed by atoms with E-state index in [2.05, 4.69) is 15.8 Å². The van der Waals surface area contributed by atoms with E-state index in [9.17, 15) is 15.1 Å². The summed E-state index contributed by atoms with van der Waals surface area (Å²) in [7, 11) is 1.91. The summed E-state index contributed by atoms with van der Waals surface area (Å²) in [4.78, 5) is 21.3. The Morgan fingerprint density at radius 2 is 2.03 bits per heavy atom. The average Bonchev–Trinajstić information content (AvgIpc) is 3.47. The number of rotatable bonds is 7. The Balaban J connectivity index is 1.75. The number of aromatic nitrogens is 4. The number of carboxylic acids is 1. The number of hydrogen-bond donors (Lipinski definition) is 2. The fraction of sp³-hybridized carbons (Fsp3) is 0.333. The number of aryl methyl sites for hydroxylation is 1. The van der Waals surface area contributed by atoms with Gasteiger partial charge in [0.15, 0.2) is 5.82 Å². The van der Waals surface area contributed by atoms with Gasteiger partial charge in [-0.15, -0.1) is 0 Å². The molecule has 1 saturated carbocycles. The van der Waals surface area contributed by atoms with Crippen LogP contribution in [0.2, 0.25) is 0 Å². The Morgan fingerprint density at radius 1 is 1.24 bits per heavy atom. The van der Waals surface area contributed by atoms with Gasteiger partial charge < -0.3 is 24.2 Å². The van der Waals surface area contributed by atoms with Gasteiger partial charge in [-0.3, -0.25) is 0 Å². The van der Waals surface area contributed by atoms with Gasteiger partial charge >= 0.3 is 5.97 Å². The Kier molecular flexibility index (Phi) is 5.03. The lowest BCUT2D eigenvalue weighted by molar-refractivity contribution is 0.0696. The smallest absolute Gasteiger partial charge is 0.335 e. The Hall–Kier alpha value is -3.88. The van der Waals surface area contributed by atoms with Crippen LogP contribution in [-0.4, -0.2) is 47.7 Å². The summed E-state index contributed by atoms with van der Waals surface area (Å²) in [6.45, 7) is 4.81. The van der Waals surface area contributed by atoms with Crippen molar-refractivity contribution < 1.29 is 19.8 Å². The first-order valence-electron chi connectivity index (χ1n) is 11.0. The van der Waals surface area contributed by atoms with Crippen LogP contribution in [0.5, 0.6) is 5.75 Å². The number of imidazole rings is 1. The molecule has 0 amide bonds. The number of oxime groups is 1. The van der Waals surface area contributed by atoms with Crippen molar-refractivity contribution in [3.8, 4) is 17.3 Å². The Morgan fingerprint density at radius 3 is 2.70 bits per heavy atom. The van der Waals surface area contributed by atoms with Crippen molar-refractivity contribution in [2.75, 3.05) is 6.61 Å². The van der Waals surface area contributed by atoms with Gasteiger partial charge in [0, 0.05) is 19.0 Å². The Labute approximate surface area is 189 Å². The molecule has 3 aromatic heterocycles. The van der Waals surface area contributed by atoms with E-state index in [1.165, 1.54) is 12.8 Å². The van der Waals surface area contributed by atoms with Crippen LogP contribution in [0.1, 0.15) is 42.7 Å². The lowest BCUT2D eigenvalue weighted by Gasteiger charge is -2.11. The number of hydrogen-bond acceptors (Lipinski definition) is 6. The van der Waals surface area contributed by atoms with Crippen LogP contribution < -0.4 is 4.74 Å². The highest BCUT2D eigenvalue weighted by molar-refractivity contribution is 5.99. The molecule has 3 heterocycles. The predicted molar refractivity (Wildman–Crippen MR) is 124 cm³/mol. The van der Waals surface area contributed by atoms with Gasteiger partial charge in [-0.05, 0) is 62.9 Å². The van der Waals surface area contributed by atoms with Gasteiger partial charge in [0.05, 0.1) is 29.1 Å². The molecule has 0 saturated heterocycles. The molecule has 0 unspecified atom stereocenters. The summed E-state index contributed by atoms with van der Waals surface area (Å²) in [5.41, 5.74) is 4.22. The van der Waals surface area contributed by atoms with Crippen molar-refractivity contribution >= 4 is 33.7 Å². The van der Waals surface area contributed by atoms with Crippen molar-refractivity contribution in [2.24, 2.45) is 18.1 Å². The van der Waals surface area contributed by atoms with E-state index in [0.29, 0.717) is 41.0 Å². The number of aromatic carboxylic acids is 1. The summed E-state index contributed by atoms with van der Waals surface area (Å²) < 4.78 is 9.89. The first-order chi connectivity index (χ1) is 15.9. The molecular formula is C24H25N5O4. The molecule has 9 nitrogen and oxygen atoms in total. The molecular weight excluding hydrogens is 422 g/mol. The monoisotopic (exact) mass is 447 g/mol. The van der Waals surface area contributed by atoms with E-state index in [-0.39, 0.29) is 5.56 Å². The maximum absolute atomic E-state index is 11.6. The zero-order valence-corrected chi connectivity index (χ0v) is 18.7.